The van der Waals surface area contributed by atoms with E-state index in [1.165, 1.54) is 0 Å². The van der Waals surface area contributed by atoms with Crippen LogP contribution in [0.15, 0.2) is 36.4 Å². The van der Waals surface area contributed by atoms with Crippen molar-refractivity contribution in [2.24, 2.45) is 11.8 Å². The summed E-state index contributed by atoms with van der Waals surface area (Å²) in [6, 6.07) is 10.3. The summed E-state index contributed by atoms with van der Waals surface area (Å²) in [7, 11) is 0. The Kier molecular flexibility index (Phi) is 19.3. The molecule has 1 heterocycles. The molecule has 3 amide bonds. The van der Waals surface area contributed by atoms with Gasteiger partial charge in [0.25, 0.3) is 5.91 Å². The molecule has 1 aliphatic heterocycles. The minimum Gasteiger partial charge on any atom is -0.505 e. The highest BCUT2D eigenvalue weighted by atomic mass is 16.3. The number of benzene rings is 3. The van der Waals surface area contributed by atoms with Crippen molar-refractivity contribution in [1.82, 2.24) is 14.7 Å². The average molecular weight is 869 g/mol. The molecular formula is C44H64N6O12. The van der Waals surface area contributed by atoms with Crippen LogP contribution in [0.5, 0.6) is 17.2 Å². The number of phenolic OH excluding ortho intramolecular Hbond substituents is 3. The number of aromatic hydroxyl groups is 3. The van der Waals surface area contributed by atoms with Gasteiger partial charge in [0.05, 0.1) is 61.9 Å². The molecule has 0 bridgehead atoms. The topological polar surface area (TPSA) is 279 Å². The first-order valence-electron chi connectivity index (χ1n) is 20.9. The molecule has 3 aromatic rings. The Bertz CT molecular complexity index is 1880. The number of aryl methyl sites for hydroxylation is 3. The van der Waals surface area contributed by atoms with Crippen LogP contribution in [-0.2, 0) is 34.0 Å². The van der Waals surface area contributed by atoms with Crippen molar-refractivity contribution >= 4 is 34.8 Å². The lowest BCUT2D eigenvalue weighted by Crippen LogP contribution is -2.36. The Morgan fingerprint density at radius 1 is 0.484 bits per heavy atom. The van der Waals surface area contributed by atoms with Crippen molar-refractivity contribution in [3.05, 3.63) is 69.8 Å². The Morgan fingerprint density at radius 3 is 1.02 bits per heavy atom. The fraction of sp³-hybridized carbons (Fsp3) is 0.523. The first-order chi connectivity index (χ1) is 29.6. The van der Waals surface area contributed by atoms with Crippen LogP contribution in [0.3, 0.4) is 0 Å². The number of nitrogens with one attached hydrogen (secondary N) is 3. The maximum atomic E-state index is 12.7. The first-order valence-corrected chi connectivity index (χ1v) is 20.9. The summed E-state index contributed by atoms with van der Waals surface area (Å²) in [4.78, 5) is 44.4. The van der Waals surface area contributed by atoms with Crippen LogP contribution in [0.1, 0.15) is 52.6 Å². The molecule has 1 saturated heterocycles. The standard InChI is InChI=1S/C44H64N6O12/c1-27-13-30(39(57)35(16-27)45-42(60)33(22-51)23-52)19-48-7-4-8-49(20-31-14-28(2)17-36(40(31)58)46-43(61)34(24-53)25-54)10-6-12-50(11-5-9-48)21-32-15-29(3)18-37(41(32)59)47-44(62)38(56)26-55/h13-18,33-34,38,51-59H,4-12,19-26H2,1-3H3,(H,45,60)(H,46,61)(H,47,62). The fourth-order valence-corrected chi connectivity index (χ4v) is 7.51. The summed E-state index contributed by atoms with van der Waals surface area (Å²) >= 11 is 0. The van der Waals surface area contributed by atoms with Crippen LogP contribution in [0.4, 0.5) is 17.1 Å². The van der Waals surface area contributed by atoms with E-state index in [4.69, 9.17) is 0 Å². The van der Waals surface area contributed by atoms with Crippen molar-refractivity contribution in [2.75, 3.05) is 88.3 Å². The molecular weight excluding hydrogens is 805 g/mol. The summed E-state index contributed by atoms with van der Waals surface area (Å²) in [5, 5.41) is 98.9. The van der Waals surface area contributed by atoms with Gasteiger partial charge in [-0.2, -0.15) is 0 Å². The number of carbonyl (C=O) groups excluding carboxylic acids is 3. The minimum atomic E-state index is -1.66. The number of phenols is 3. The number of aliphatic hydroxyl groups is 6. The van der Waals surface area contributed by atoms with Crippen molar-refractivity contribution in [3.8, 4) is 17.2 Å². The molecule has 1 fully saturated rings. The molecule has 1 atom stereocenters. The molecule has 3 aromatic carbocycles. The van der Waals surface area contributed by atoms with Crippen LogP contribution in [0.2, 0.25) is 0 Å². The monoisotopic (exact) mass is 868 g/mol. The second kappa shape index (κ2) is 24.1. The quantitative estimate of drug-likeness (QED) is 0.0847. The van der Waals surface area contributed by atoms with E-state index in [2.05, 4.69) is 30.7 Å². The lowest BCUT2D eigenvalue weighted by molar-refractivity contribution is -0.126. The zero-order chi connectivity index (χ0) is 45.5. The average Bonchev–Trinajstić information content (AvgIpc) is 3.22. The smallest absolute Gasteiger partial charge is 0.255 e. The van der Waals surface area contributed by atoms with Crippen molar-refractivity contribution in [2.45, 2.75) is 65.8 Å². The van der Waals surface area contributed by atoms with Crippen LogP contribution < -0.4 is 16.0 Å². The predicted molar refractivity (Wildman–Crippen MR) is 233 cm³/mol. The minimum absolute atomic E-state index is 0.109. The molecule has 0 radical (unpaired) electrons. The highest BCUT2D eigenvalue weighted by Gasteiger charge is 2.24. The summed E-state index contributed by atoms with van der Waals surface area (Å²) in [5.74, 6) is -4.62. The number of rotatable bonds is 17. The Hall–Kier alpha value is -4.89. The number of amides is 3. The number of aliphatic hydroxyl groups excluding tert-OH is 6. The van der Waals surface area contributed by atoms with E-state index >= 15 is 0 Å². The molecule has 1 aliphatic rings. The third kappa shape index (κ3) is 14.1. The molecule has 0 spiro atoms. The normalized spacial score (nSPS) is 15.5. The Morgan fingerprint density at radius 2 is 0.758 bits per heavy atom. The molecule has 62 heavy (non-hydrogen) atoms. The molecule has 0 aliphatic carbocycles. The molecule has 12 N–H and O–H groups in total. The van der Waals surface area contributed by atoms with E-state index in [0.717, 1.165) is 16.7 Å². The molecule has 342 valence electrons. The number of carbonyl (C=O) groups is 3. The Balaban J connectivity index is 1.63. The highest BCUT2D eigenvalue weighted by Crippen LogP contribution is 2.34. The summed E-state index contributed by atoms with van der Waals surface area (Å²) in [6.45, 7) is 7.06. The Labute approximate surface area is 362 Å². The summed E-state index contributed by atoms with van der Waals surface area (Å²) < 4.78 is 0. The largest absolute Gasteiger partial charge is 0.505 e. The fourth-order valence-electron chi connectivity index (χ4n) is 7.51. The van der Waals surface area contributed by atoms with Crippen LogP contribution in [0, 0.1) is 32.6 Å². The van der Waals surface area contributed by atoms with E-state index < -0.39 is 68.7 Å². The van der Waals surface area contributed by atoms with Gasteiger partial charge in [-0.05, 0) is 114 Å². The second-order valence-electron chi connectivity index (χ2n) is 16.1. The van der Waals surface area contributed by atoms with Crippen LogP contribution in [-0.4, -0.2) is 157 Å². The SMILES string of the molecule is Cc1cc(CN2CCCN(Cc3cc(C)cc(NC(=O)C(CO)CO)c3O)CCCN(Cc3cc(C)cc(NC(=O)C(CO)CO)c3O)CCC2)c(O)c(NC(=O)C(O)CO)c1. The molecule has 0 aromatic heterocycles. The van der Waals surface area contributed by atoms with Crippen LogP contribution in [0.25, 0.3) is 0 Å². The highest BCUT2D eigenvalue weighted by molar-refractivity contribution is 5.96. The van der Waals surface area contributed by atoms with Gasteiger partial charge in [-0.15, -0.1) is 0 Å². The maximum absolute atomic E-state index is 12.7. The molecule has 18 heteroatoms. The number of hydrogen-bond acceptors (Lipinski definition) is 15. The number of anilines is 3. The first kappa shape index (κ1) is 49.8. The molecule has 1 unspecified atom stereocenters. The van der Waals surface area contributed by atoms with Gasteiger partial charge in [0.1, 0.15) is 17.2 Å². The zero-order valence-electron chi connectivity index (χ0n) is 35.8. The van der Waals surface area contributed by atoms with E-state index in [1.807, 2.05) is 39.0 Å². The zero-order valence-corrected chi connectivity index (χ0v) is 35.8. The third-order valence-electron chi connectivity index (χ3n) is 10.9. The molecule has 18 nitrogen and oxygen atoms in total. The van der Waals surface area contributed by atoms with Crippen molar-refractivity contribution in [3.63, 3.8) is 0 Å². The van der Waals surface area contributed by atoms with Crippen molar-refractivity contribution in [1.29, 1.82) is 0 Å². The summed E-state index contributed by atoms with van der Waals surface area (Å²) in [5.41, 5.74) is 4.44. The lowest BCUT2D eigenvalue weighted by atomic mass is 10.1. The van der Waals surface area contributed by atoms with E-state index in [0.29, 0.717) is 94.9 Å². The van der Waals surface area contributed by atoms with Crippen LogP contribution >= 0.6 is 0 Å². The van der Waals surface area contributed by atoms with E-state index in [9.17, 15) is 60.3 Å². The van der Waals surface area contributed by atoms with Gasteiger partial charge in [-0.25, -0.2) is 0 Å². The predicted octanol–water partition coefficient (Wildman–Crippen LogP) is 1.09. The summed E-state index contributed by atoms with van der Waals surface area (Å²) in [6.07, 6.45) is 0.447. The second-order valence-corrected chi connectivity index (χ2v) is 16.1. The van der Waals surface area contributed by atoms with E-state index in [1.54, 1.807) is 18.2 Å². The molecule has 0 saturated carbocycles. The lowest BCUT2D eigenvalue weighted by Gasteiger charge is -2.31. The van der Waals surface area contributed by atoms with Gasteiger partial charge in [0.15, 0.2) is 6.10 Å². The van der Waals surface area contributed by atoms with Gasteiger partial charge in [0.2, 0.25) is 11.8 Å². The third-order valence-corrected chi connectivity index (χ3v) is 10.9. The van der Waals surface area contributed by atoms with E-state index in [-0.39, 0.29) is 34.3 Å². The number of hydrogen-bond donors (Lipinski definition) is 12. The van der Waals surface area contributed by atoms with Gasteiger partial charge in [-0.1, -0.05) is 18.2 Å². The molecule has 4 rings (SSSR count). The van der Waals surface area contributed by atoms with Gasteiger partial charge in [-0.3, -0.25) is 29.1 Å². The van der Waals surface area contributed by atoms with Gasteiger partial charge < -0.3 is 61.9 Å². The van der Waals surface area contributed by atoms with Gasteiger partial charge in [0, 0.05) is 36.3 Å². The van der Waals surface area contributed by atoms with Crippen molar-refractivity contribution < 1.29 is 60.3 Å². The maximum Gasteiger partial charge on any atom is 0.255 e. The number of nitrogens with zero attached hydrogens (tertiary/aromatic N) is 3. The van der Waals surface area contributed by atoms with Gasteiger partial charge >= 0.3 is 0 Å².